The number of H-pyrrole nitrogens is 1. The van der Waals surface area contributed by atoms with Crippen molar-refractivity contribution in [1.29, 1.82) is 5.26 Å². The molecule has 0 bridgehead atoms. The van der Waals surface area contributed by atoms with Gasteiger partial charge >= 0.3 is 0 Å². The molecule has 1 saturated heterocycles. The third kappa shape index (κ3) is 3.26. The molecule has 3 N–H and O–H groups in total. The lowest BCUT2D eigenvalue weighted by Gasteiger charge is -2.32. The quantitative estimate of drug-likeness (QED) is 0.808. The van der Waals surface area contributed by atoms with Gasteiger partial charge in [0.25, 0.3) is 5.91 Å². The molecule has 2 heterocycles. The van der Waals surface area contributed by atoms with Crippen LogP contribution in [0.2, 0.25) is 0 Å². The third-order valence-electron chi connectivity index (χ3n) is 4.38. The summed E-state index contributed by atoms with van der Waals surface area (Å²) >= 11 is 0. The van der Waals surface area contributed by atoms with Crippen LogP contribution in [-0.2, 0) is 0 Å². The van der Waals surface area contributed by atoms with E-state index in [0.717, 1.165) is 24.5 Å². The Bertz CT molecular complexity index is 783. The molecule has 1 amide bonds. The van der Waals surface area contributed by atoms with E-state index in [-0.39, 0.29) is 12.0 Å². The number of aromatic nitrogens is 1. The lowest BCUT2D eigenvalue weighted by atomic mass is 10.0. The van der Waals surface area contributed by atoms with Crippen molar-refractivity contribution in [2.75, 3.05) is 23.3 Å². The number of hydrogen-bond donors (Lipinski definition) is 3. The van der Waals surface area contributed by atoms with E-state index in [1.807, 2.05) is 13.0 Å². The Kier molecular flexibility index (Phi) is 4.54. The number of nitrogens with zero attached hydrogens (tertiary/aromatic N) is 2. The molecule has 2 aromatic rings. The molecule has 1 aromatic heterocycles. The second kappa shape index (κ2) is 6.77. The zero-order valence-electron chi connectivity index (χ0n) is 13.5. The Balaban J connectivity index is 1.78. The minimum absolute atomic E-state index is 0.202. The van der Waals surface area contributed by atoms with Crippen molar-refractivity contribution in [1.82, 2.24) is 4.98 Å². The van der Waals surface area contributed by atoms with Gasteiger partial charge in [-0.2, -0.15) is 5.26 Å². The number of hydrogen-bond acceptors (Lipinski definition) is 4. The molecular formula is C18H20N4O2. The number of aliphatic hydroxyl groups is 1. The Hall–Kier alpha value is -2.78. The largest absolute Gasteiger partial charge is 0.393 e. The SMILES string of the molecule is Cc1[nH]ccc1C(=O)Nc1ccc(N2CCC(O)CC2)c(C#N)c1. The summed E-state index contributed by atoms with van der Waals surface area (Å²) in [5.41, 5.74) is 3.35. The highest BCUT2D eigenvalue weighted by Gasteiger charge is 2.20. The van der Waals surface area contributed by atoms with E-state index < -0.39 is 0 Å². The number of aliphatic hydroxyl groups excluding tert-OH is 1. The second-order valence-electron chi connectivity index (χ2n) is 6.03. The minimum Gasteiger partial charge on any atom is -0.393 e. The van der Waals surface area contributed by atoms with Gasteiger partial charge < -0.3 is 20.3 Å². The molecule has 24 heavy (non-hydrogen) atoms. The molecule has 1 aliphatic heterocycles. The number of carbonyl (C=O) groups is 1. The van der Waals surface area contributed by atoms with Crippen LogP contribution in [0.1, 0.15) is 34.5 Å². The van der Waals surface area contributed by atoms with Crippen LogP contribution in [0.5, 0.6) is 0 Å². The van der Waals surface area contributed by atoms with Crippen LogP contribution in [0.4, 0.5) is 11.4 Å². The van der Waals surface area contributed by atoms with E-state index in [1.54, 1.807) is 24.4 Å². The molecule has 0 spiro atoms. The Morgan fingerprint density at radius 1 is 1.38 bits per heavy atom. The summed E-state index contributed by atoms with van der Waals surface area (Å²) in [6.07, 6.45) is 2.88. The number of amides is 1. The highest BCUT2D eigenvalue weighted by Crippen LogP contribution is 2.27. The molecular weight excluding hydrogens is 304 g/mol. The van der Waals surface area contributed by atoms with Crippen molar-refractivity contribution in [2.24, 2.45) is 0 Å². The smallest absolute Gasteiger partial charge is 0.257 e. The summed E-state index contributed by atoms with van der Waals surface area (Å²) < 4.78 is 0. The molecule has 1 aromatic carbocycles. The van der Waals surface area contributed by atoms with Crippen LogP contribution < -0.4 is 10.2 Å². The number of anilines is 2. The number of benzene rings is 1. The fourth-order valence-corrected chi connectivity index (χ4v) is 2.98. The van der Waals surface area contributed by atoms with Gasteiger partial charge in [0, 0.05) is 30.7 Å². The van der Waals surface area contributed by atoms with Gasteiger partial charge in [0.2, 0.25) is 0 Å². The number of nitriles is 1. The number of piperidine rings is 1. The average molecular weight is 324 g/mol. The monoisotopic (exact) mass is 324 g/mol. The normalized spacial score (nSPS) is 15.1. The van der Waals surface area contributed by atoms with E-state index >= 15 is 0 Å². The van der Waals surface area contributed by atoms with Crippen molar-refractivity contribution in [3.63, 3.8) is 0 Å². The summed E-state index contributed by atoms with van der Waals surface area (Å²) in [4.78, 5) is 17.3. The topological polar surface area (TPSA) is 92.2 Å². The Morgan fingerprint density at radius 3 is 2.75 bits per heavy atom. The van der Waals surface area contributed by atoms with Crippen LogP contribution in [0.15, 0.2) is 30.5 Å². The lowest BCUT2D eigenvalue weighted by Crippen LogP contribution is -2.36. The van der Waals surface area contributed by atoms with Gasteiger partial charge in [0.15, 0.2) is 0 Å². The first-order valence-corrected chi connectivity index (χ1v) is 8.01. The first kappa shape index (κ1) is 16.1. The van der Waals surface area contributed by atoms with Crippen molar-refractivity contribution in [3.8, 4) is 6.07 Å². The van der Waals surface area contributed by atoms with Crippen LogP contribution >= 0.6 is 0 Å². The van der Waals surface area contributed by atoms with Crippen LogP contribution in [0.3, 0.4) is 0 Å². The number of aromatic amines is 1. The Morgan fingerprint density at radius 2 is 2.12 bits per heavy atom. The van der Waals surface area contributed by atoms with Crippen molar-refractivity contribution >= 4 is 17.3 Å². The predicted molar refractivity (Wildman–Crippen MR) is 92.1 cm³/mol. The average Bonchev–Trinajstić information content (AvgIpc) is 3.02. The maximum atomic E-state index is 12.3. The predicted octanol–water partition coefficient (Wildman–Crippen LogP) is 2.41. The van der Waals surface area contributed by atoms with Crippen molar-refractivity contribution < 1.29 is 9.90 Å². The van der Waals surface area contributed by atoms with Gasteiger partial charge in [-0.3, -0.25) is 4.79 Å². The van der Waals surface area contributed by atoms with Crippen molar-refractivity contribution in [3.05, 3.63) is 47.3 Å². The first-order valence-electron chi connectivity index (χ1n) is 8.01. The van der Waals surface area contributed by atoms with Gasteiger partial charge in [-0.25, -0.2) is 0 Å². The van der Waals surface area contributed by atoms with Crippen LogP contribution in [-0.4, -0.2) is 35.2 Å². The van der Waals surface area contributed by atoms with Gasteiger partial charge in [-0.05, 0) is 44.0 Å². The minimum atomic E-state index is -0.255. The van der Waals surface area contributed by atoms with Gasteiger partial charge in [-0.15, -0.1) is 0 Å². The molecule has 124 valence electrons. The number of rotatable bonds is 3. The Labute approximate surface area is 140 Å². The lowest BCUT2D eigenvalue weighted by molar-refractivity contribution is 0.102. The molecule has 0 radical (unpaired) electrons. The van der Waals surface area contributed by atoms with E-state index in [2.05, 4.69) is 21.3 Å². The summed E-state index contributed by atoms with van der Waals surface area (Å²) in [5, 5.41) is 21.9. The standard InChI is InChI=1S/C18H20N4O2/c1-12-16(4-7-20-12)18(24)21-14-2-3-17(13(10-14)11-19)22-8-5-15(23)6-9-22/h2-4,7,10,15,20,23H,5-6,8-9H2,1H3,(H,21,24). The van der Waals surface area contributed by atoms with E-state index in [1.165, 1.54) is 0 Å². The van der Waals surface area contributed by atoms with Crippen molar-refractivity contribution in [2.45, 2.75) is 25.9 Å². The third-order valence-corrected chi connectivity index (χ3v) is 4.38. The molecule has 0 aliphatic carbocycles. The fourth-order valence-electron chi connectivity index (χ4n) is 2.98. The second-order valence-corrected chi connectivity index (χ2v) is 6.03. The maximum absolute atomic E-state index is 12.3. The molecule has 0 unspecified atom stereocenters. The fraction of sp³-hybridized carbons (Fsp3) is 0.333. The number of aryl methyl sites for hydroxylation is 1. The summed E-state index contributed by atoms with van der Waals surface area (Å²) in [6.45, 7) is 3.29. The first-order chi connectivity index (χ1) is 11.6. The molecule has 6 heteroatoms. The van der Waals surface area contributed by atoms with E-state index in [9.17, 15) is 15.2 Å². The highest BCUT2D eigenvalue weighted by atomic mass is 16.3. The van der Waals surface area contributed by atoms with Gasteiger partial charge in [-0.1, -0.05) is 0 Å². The zero-order valence-corrected chi connectivity index (χ0v) is 13.5. The van der Waals surface area contributed by atoms with Gasteiger partial charge in [0.1, 0.15) is 6.07 Å². The molecule has 6 nitrogen and oxygen atoms in total. The molecule has 1 fully saturated rings. The molecule has 0 saturated carbocycles. The summed E-state index contributed by atoms with van der Waals surface area (Å²) in [5.74, 6) is -0.202. The summed E-state index contributed by atoms with van der Waals surface area (Å²) in [6, 6.07) is 9.29. The van der Waals surface area contributed by atoms with Crippen LogP contribution in [0, 0.1) is 18.3 Å². The number of nitrogens with one attached hydrogen (secondary N) is 2. The molecule has 1 aliphatic rings. The van der Waals surface area contributed by atoms with Crippen LogP contribution in [0.25, 0.3) is 0 Å². The maximum Gasteiger partial charge on any atom is 0.257 e. The molecule has 0 atom stereocenters. The zero-order chi connectivity index (χ0) is 17.1. The molecule has 3 rings (SSSR count). The van der Waals surface area contributed by atoms with Gasteiger partial charge in [0.05, 0.1) is 22.9 Å². The summed E-state index contributed by atoms with van der Waals surface area (Å²) in [7, 11) is 0. The van der Waals surface area contributed by atoms with E-state index in [0.29, 0.717) is 29.7 Å². The number of carbonyl (C=O) groups excluding carboxylic acids is 1. The highest BCUT2D eigenvalue weighted by molar-refractivity contribution is 6.05. The van der Waals surface area contributed by atoms with E-state index in [4.69, 9.17) is 0 Å².